The summed E-state index contributed by atoms with van der Waals surface area (Å²) in [6.45, 7) is 21.2. The van der Waals surface area contributed by atoms with E-state index in [1.54, 1.807) is 19.1 Å². The number of fused-ring (bicyclic) bond motifs is 16. The number of hydrogen-bond donors (Lipinski definition) is 8. The molecule has 0 aliphatic carbocycles. The highest BCUT2D eigenvalue weighted by molar-refractivity contribution is 6.03. The largest absolute Gasteiger partial charge is 0.507 e. The first kappa shape index (κ1) is 62.3. The van der Waals surface area contributed by atoms with Gasteiger partial charge in [-0.2, -0.15) is 0 Å². The van der Waals surface area contributed by atoms with Crippen LogP contribution in [-0.4, -0.2) is 62.6 Å². The molecule has 12 bridgehead atoms. The third-order valence-corrected chi connectivity index (χ3v) is 15.9. The quantitative estimate of drug-likeness (QED) is 0.0751. The smallest absolute Gasteiger partial charge is 0.303 e. The van der Waals surface area contributed by atoms with Gasteiger partial charge in [-0.3, -0.25) is 9.59 Å². The lowest BCUT2D eigenvalue weighted by molar-refractivity contribution is -0.136. The number of aliphatic carboxylic acids is 1. The number of nitrogens with one attached hydrogen (secondary N) is 4. The van der Waals surface area contributed by atoms with Gasteiger partial charge < -0.3 is 40.4 Å². The molecule has 0 fully saturated rings. The SMILES string of the molecule is CC(C)(C)c1cc(-c2ccc[nH]2)c(O)c(-c2ccc[nH]2)c1.CC(C)(C)c1cc2c3nc(c(-c4ccccc4)c4ccc([nH]4)c4cc(C(C)(C)C)cc(c5nc(c(-c6ccccc6)c6ccc([nH]6)c(c1)c2O)C=C5)c4O)C=C3.CCC(=O)O.O=Cc1ccccc1. The van der Waals surface area contributed by atoms with Gasteiger partial charge in [-0.15, -0.1) is 0 Å². The molecule has 0 unspecified atom stereocenters. The van der Waals surface area contributed by atoms with Gasteiger partial charge in [-0.25, -0.2) is 9.97 Å². The zero-order valence-corrected chi connectivity index (χ0v) is 52.5. The van der Waals surface area contributed by atoms with Crippen LogP contribution in [0.1, 0.15) is 125 Å². The van der Waals surface area contributed by atoms with Crippen molar-refractivity contribution in [2.75, 3.05) is 0 Å². The summed E-state index contributed by atoms with van der Waals surface area (Å²) in [4.78, 5) is 43.5. The molecule has 2 aliphatic heterocycles. The first-order valence-electron chi connectivity index (χ1n) is 30.2. The average molecular weight is 1190 g/mol. The summed E-state index contributed by atoms with van der Waals surface area (Å²) in [5, 5.41) is 45.4. The van der Waals surface area contributed by atoms with Gasteiger partial charge in [0.1, 0.15) is 23.5 Å². The summed E-state index contributed by atoms with van der Waals surface area (Å²) in [6.07, 6.45) is 12.8. The van der Waals surface area contributed by atoms with E-state index in [-0.39, 0.29) is 34.2 Å². The second-order valence-corrected chi connectivity index (χ2v) is 25.4. The molecule has 7 heterocycles. The molecule has 5 aromatic heterocycles. The Balaban J connectivity index is 0.000000212. The Labute approximate surface area is 524 Å². The molecule has 0 saturated carbocycles. The zero-order valence-electron chi connectivity index (χ0n) is 52.5. The van der Waals surface area contributed by atoms with Gasteiger partial charge in [0, 0.05) is 102 Å². The third kappa shape index (κ3) is 13.7. The standard InChI is InChI=1S/C50H44N4O2.C18H20N2O.C7H6O.C3H6O2/c1-49(2,3)31-25-33-37-17-21-41(51-37)45(29-13-9-7-10-14-29)43-23-19-39(53-43)35-27-32(50(4,5)6)28-36(48(35)56)40-20-24-44(54-40)46(30-15-11-8-12-16-30)42-22-18-38(52-42)34(26-31)47(33)55;1-18(2,3)12-10-13(15-6-4-8-19-15)17(21)14(11-12)16-7-5-9-20-16;8-6-7-4-2-1-3-5-7;1-2-3(4)5/h7-28,51,54-56H,1-6H3;4-11,19-21H,1-3H3;1-6H;2H2,1H3,(H,4,5). The summed E-state index contributed by atoms with van der Waals surface area (Å²) in [7, 11) is 0. The van der Waals surface area contributed by atoms with Crippen LogP contribution in [0, 0.1) is 0 Å². The number of aromatic amines is 4. The molecule has 0 spiro atoms. The zero-order chi connectivity index (χ0) is 64.1. The molecule has 0 atom stereocenters. The molecule has 11 aromatic rings. The Hall–Kier alpha value is -10.7. The van der Waals surface area contributed by atoms with Crippen molar-refractivity contribution in [3.05, 3.63) is 233 Å². The number of hydrogen-bond acceptors (Lipinski definition) is 7. The van der Waals surface area contributed by atoms with Gasteiger partial charge in [0.05, 0.1) is 22.8 Å². The number of phenolic OH excluding ortho intramolecular Hbond substituents is 3. The summed E-state index contributed by atoms with van der Waals surface area (Å²) in [5.41, 5.74) is 17.2. The minimum absolute atomic E-state index is 0.0103. The van der Waals surface area contributed by atoms with Gasteiger partial charge in [0.2, 0.25) is 0 Å². The summed E-state index contributed by atoms with van der Waals surface area (Å²) in [5.74, 6) is -0.127. The van der Waals surface area contributed by atoms with E-state index in [0.29, 0.717) is 38.7 Å². The van der Waals surface area contributed by atoms with Crippen molar-refractivity contribution in [3.8, 4) is 62.0 Å². The molecule has 0 saturated heterocycles. The molecule has 454 valence electrons. The van der Waals surface area contributed by atoms with Crippen LogP contribution in [0.3, 0.4) is 0 Å². The van der Waals surface area contributed by atoms with Crippen molar-refractivity contribution in [3.63, 3.8) is 0 Å². The van der Waals surface area contributed by atoms with E-state index in [9.17, 15) is 24.9 Å². The van der Waals surface area contributed by atoms with Crippen LogP contribution in [0.25, 0.3) is 113 Å². The van der Waals surface area contributed by atoms with Crippen molar-refractivity contribution in [2.24, 2.45) is 0 Å². The maximum atomic E-state index is 12.2. The van der Waals surface area contributed by atoms with Crippen LogP contribution >= 0.6 is 0 Å². The van der Waals surface area contributed by atoms with Crippen LogP contribution in [0.4, 0.5) is 0 Å². The molecule has 2 aliphatic rings. The van der Waals surface area contributed by atoms with E-state index in [4.69, 9.17) is 15.1 Å². The predicted octanol–water partition coefficient (Wildman–Crippen LogP) is 19.5. The Morgan fingerprint density at radius 2 is 0.778 bits per heavy atom. The van der Waals surface area contributed by atoms with Crippen LogP contribution in [0.5, 0.6) is 17.2 Å². The molecular formula is C78H76N6O6. The van der Waals surface area contributed by atoms with Crippen molar-refractivity contribution in [1.82, 2.24) is 29.9 Å². The van der Waals surface area contributed by atoms with Crippen molar-refractivity contribution in [1.29, 1.82) is 0 Å². The first-order valence-corrected chi connectivity index (χ1v) is 30.2. The fourth-order valence-corrected chi connectivity index (χ4v) is 10.7. The van der Waals surface area contributed by atoms with Gasteiger partial charge >= 0.3 is 5.97 Å². The fraction of sp³-hybridized carbons (Fsp3) is 0.179. The number of H-pyrrole nitrogens is 4. The molecule has 12 heteroatoms. The number of rotatable bonds is 6. The fourth-order valence-electron chi connectivity index (χ4n) is 10.7. The van der Waals surface area contributed by atoms with E-state index >= 15 is 0 Å². The molecule has 12 nitrogen and oxygen atoms in total. The van der Waals surface area contributed by atoms with Crippen LogP contribution < -0.4 is 0 Å². The van der Waals surface area contributed by atoms with Crippen molar-refractivity contribution in [2.45, 2.75) is 91.9 Å². The Bertz CT molecular complexity index is 4430. The summed E-state index contributed by atoms with van der Waals surface area (Å²) < 4.78 is 0. The molecule has 13 rings (SSSR count). The van der Waals surface area contributed by atoms with Gasteiger partial charge in [-0.1, -0.05) is 160 Å². The predicted molar refractivity (Wildman–Crippen MR) is 370 cm³/mol. The molecular weight excluding hydrogens is 1120 g/mol. The van der Waals surface area contributed by atoms with Gasteiger partial charge in [0.25, 0.3) is 0 Å². The minimum atomic E-state index is -0.745. The van der Waals surface area contributed by atoms with E-state index in [1.807, 2.05) is 128 Å². The minimum Gasteiger partial charge on any atom is -0.507 e. The number of aromatic hydroxyl groups is 3. The van der Waals surface area contributed by atoms with Crippen molar-refractivity contribution < 1.29 is 30.0 Å². The first-order chi connectivity index (χ1) is 43.0. The van der Waals surface area contributed by atoms with Crippen LogP contribution in [-0.2, 0) is 21.0 Å². The molecule has 90 heavy (non-hydrogen) atoms. The monoisotopic (exact) mass is 1190 g/mol. The number of carbonyl (C=O) groups excluding carboxylic acids is 1. The number of phenols is 3. The van der Waals surface area contributed by atoms with Crippen LogP contribution in [0.2, 0.25) is 0 Å². The topological polar surface area (TPSA) is 204 Å². The lowest BCUT2D eigenvalue weighted by atomic mass is 9.84. The van der Waals surface area contributed by atoms with Gasteiger partial charge in [-0.05, 0) is 153 Å². The number of aromatic nitrogens is 6. The maximum absolute atomic E-state index is 12.2. The Morgan fingerprint density at radius 1 is 0.433 bits per heavy atom. The van der Waals surface area contributed by atoms with Gasteiger partial charge in [0.15, 0.2) is 0 Å². The lowest BCUT2D eigenvalue weighted by Crippen LogP contribution is -2.11. The summed E-state index contributed by atoms with van der Waals surface area (Å²) in [6, 6.07) is 57.9. The molecule has 0 radical (unpaired) electrons. The normalized spacial score (nSPS) is 11.9. The Kier molecular flexibility index (Phi) is 18.0. The third-order valence-electron chi connectivity index (χ3n) is 15.9. The molecule has 0 amide bonds. The molecule has 8 N–H and O–H groups in total. The number of carbonyl (C=O) groups is 2. The second kappa shape index (κ2) is 25.9. The van der Waals surface area contributed by atoms with E-state index in [1.165, 1.54) is 5.56 Å². The number of benzene rings is 6. The highest BCUT2D eigenvalue weighted by Crippen LogP contribution is 2.43. The van der Waals surface area contributed by atoms with E-state index in [2.05, 4.69) is 155 Å². The highest BCUT2D eigenvalue weighted by atomic mass is 16.4. The van der Waals surface area contributed by atoms with E-state index in [0.717, 1.165) is 101 Å². The average Bonchev–Trinajstić information content (AvgIpc) is 1.53. The number of aldehydes is 1. The Morgan fingerprint density at radius 3 is 1.11 bits per heavy atom. The lowest BCUT2D eigenvalue weighted by Gasteiger charge is -2.22. The van der Waals surface area contributed by atoms with Crippen molar-refractivity contribution >= 4 is 80.2 Å². The summed E-state index contributed by atoms with van der Waals surface area (Å²) >= 11 is 0. The molecule has 6 aromatic carbocycles. The number of carboxylic acids is 1. The second-order valence-electron chi connectivity index (χ2n) is 25.4. The number of carboxylic acid groups (broad SMARTS) is 1. The van der Waals surface area contributed by atoms with E-state index < -0.39 is 5.97 Å². The maximum Gasteiger partial charge on any atom is 0.303 e. The van der Waals surface area contributed by atoms with Crippen LogP contribution in [0.15, 0.2) is 188 Å². The number of nitrogens with zero attached hydrogens (tertiary/aromatic N) is 2. The highest BCUT2D eigenvalue weighted by Gasteiger charge is 2.24.